The Kier molecular flexibility index (Phi) is 6.02. The first kappa shape index (κ1) is 13.7. The Hall–Kier alpha value is -0.384. The average molecular weight is 236 g/mol. The first-order valence-corrected chi connectivity index (χ1v) is 4.87. The Morgan fingerprint density at radius 2 is 1.19 bits per heavy atom. The van der Waals surface area contributed by atoms with Crippen LogP contribution in [0.2, 0.25) is 0 Å². The van der Waals surface area contributed by atoms with Gasteiger partial charge >= 0.3 is 51.4 Å². The molecule has 0 atom stereocenters. The molecule has 0 heterocycles. The summed E-state index contributed by atoms with van der Waals surface area (Å²) in [5.41, 5.74) is 2.25. The third kappa shape index (κ3) is 4.24. The maximum absolute atomic E-state index is 9.12. The molecule has 16 heavy (non-hydrogen) atoms. The molecule has 0 unspecified atom stereocenters. The van der Waals surface area contributed by atoms with Crippen molar-refractivity contribution < 1.29 is 5.11 Å². The topological polar surface area (TPSA) is 20.2 Å². The summed E-state index contributed by atoms with van der Waals surface area (Å²) < 4.78 is 0. The summed E-state index contributed by atoms with van der Waals surface area (Å²) in [5, 5.41) is 9.12. The van der Waals surface area contributed by atoms with E-state index in [0.29, 0.717) is 5.75 Å². The van der Waals surface area contributed by atoms with Gasteiger partial charge in [-0.2, -0.15) is 0 Å². The van der Waals surface area contributed by atoms with Crippen LogP contribution in [0, 0.1) is 0 Å². The molecule has 1 N–H and O–H groups in total. The van der Waals surface area contributed by atoms with E-state index in [2.05, 4.69) is 12.1 Å². The minimum atomic E-state index is 0. The average Bonchev–Trinajstić information content (AvgIpc) is 2.30. The molecule has 1 nitrogen and oxygen atoms in total. The van der Waals surface area contributed by atoms with Crippen LogP contribution >= 0.6 is 0 Å². The van der Waals surface area contributed by atoms with Crippen molar-refractivity contribution in [3.63, 3.8) is 0 Å². The Morgan fingerprint density at radius 3 is 1.75 bits per heavy atom. The SMILES string of the molecule is Oc1ccc(C=Cc2ccccc2)cc1.[KH]. The van der Waals surface area contributed by atoms with E-state index in [1.54, 1.807) is 12.1 Å². The van der Waals surface area contributed by atoms with Gasteiger partial charge in [-0.15, -0.1) is 0 Å². The first-order valence-electron chi connectivity index (χ1n) is 4.87. The molecule has 76 valence electrons. The molecule has 0 aliphatic carbocycles. The number of phenols is 1. The molecule has 0 aliphatic rings. The van der Waals surface area contributed by atoms with Gasteiger partial charge in [-0.05, 0) is 23.3 Å². The molecule has 2 aromatic carbocycles. The van der Waals surface area contributed by atoms with E-state index in [1.165, 1.54) is 5.56 Å². The summed E-state index contributed by atoms with van der Waals surface area (Å²) >= 11 is 0. The normalized spacial score (nSPS) is 10.0. The standard InChI is InChI=1S/C14H12O.K.H/c15-14-10-8-13(9-11-14)7-6-12-4-2-1-3-5-12;;/h1-11,15H;;. The second-order valence-corrected chi connectivity index (χ2v) is 3.34. The minimum absolute atomic E-state index is 0. The second-order valence-electron chi connectivity index (χ2n) is 3.34. The predicted octanol–water partition coefficient (Wildman–Crippen LogP) is 2.91. The fourth-order valence-electron chi connectivity index (χ4n) is 1.34. The molecule has 0 saturated carbocycles. The fraction of sp³-hybridized carbons (Fsp3) is 0. The zero-order chi connectivity index (χ0) is 10.5. The summed E-state index contributed by atoms with van der Waals surface area (Å²) in [5.74, 6) is 0.298. The van der Waals surface area contributed by atoms with Crippen molar-refractivity contribution in [1.82, 2.24) is 0 Å². The number of phenolic OH excluding ortho intramolecular Hbond substituents is 1. The van der Waals surface area contributed by atoms with Crippen molar-refractivity contribution in [2.24, 2.45) is 0 Å². The van der Waals surface area contributed by atoms with Crippen LogP contribution in [0.5, 0.6) is 5.75 Å². The van der Waals surface area contributed by atoms with Crippen LogP contribution in [0.3, 0.4) is 0 Å². The van der Waals surface area contributed by atoms with Gasteiger partial charge in [0, 0.05) is 0 Å². The number of benzene rings is 2. The maximum atomic E-state index is 9.12. The first-order chi connectivity index (χ1) is 7.34. The van der Waals surface area contributed by atoms with Crippen LogP contribution in [-0.2, 0) is 0 Å². The van der Waals surface area contributed by atoms with E-state index >= 15 is 0 Å². The number of aromatic hydroxyl groups is 1. The number of hydrogen-bond donors (Lipinski definition) is 1. The van der Waals surface area contributed by atoms with E-state index in [9.17, 15) is 0 Å². The Bertz CT molecular complexity index is 446. The fourth-order valence-corrected chi connectivity index (χ4v) is 1.34. The summed E-state index contributed by atoms with van der Waals surface area (Å²) in [4.78, 5) is 0. The molecule has 0 bridgehead atoms. The molecule has 0 fully saturated rings. The van der Waals surface area contributed by atoms with Crippen LogP contribution in [0.25, 0.3) is 12.2 Å². The Labute approximate surface area is 138 Å². The summed E-state index contributed by atoms with van der Waals surface area (Å²) in [6.07, 6.45) is 4.07. The van der Waals surface area contributed by atoms with Crippen LogP contribution in [-0.4, -0.2) is 56.5 Å². The molecule has 0 amide bonds. The molecule has 0 spiro atoms. The van der Waals surface area contributed by atoms with Gasteiger partial charge in [0.2, 0.25) is 0 Å². The van der Waals surface area contributed by atoms with Crippen LogP contribution in [0.15, 0.2) is 54.6 Å². The van der Waals surface area contributed by atoms with Crippen molar-refractivity contribution in [3.05, 3.63) is 65.7 Å². The van der Waals surface area contributed by atoms with Gasteiger partial charge in [-0.3, -0.25) is 0 Å². The molecule has 2 rings (SSSR count). The molecule has 2 aromatic rings. The van der Waals surface area contributed by atoms with Crippen molar-refractivity contribution in [1.29, 1.82) is 0 Å². The number of rotatable bonds is 2. The predicted molar refractivity (Wildman–Crippen MR) is 70.6 cm³/mol. The van der Waals surface area contributed by atoms with Gasteiger partial charge < -0.3 is 5.11 Å². The van der Waals surface area contributed by atoms with E-state index in [1.807, 2.05) is 42.5 Å². The zero-order valence-corrected chi connectivity index (χ0v) is 8.30. The molecular weight excluding hydrogens is 223 g/mol. The van der Waals surface area contributed by atoms with Crippen molar-refractivity contribution in [3.8, 4) is 5.75 Å². The second kappa shape index (κ2) is 7.04. The quantitative estimate of drug-likeness (QED) is 0.628. The summed E-state index contributed by atoms with van der Waals surface area (Å²) in [6.45, 7) is 0. The molecule has 2 heteroatoms. The van der Waals surface area contributed by atoms with E-state index in [0.717, 1.165) is 5.56 Å². The third-order valence-corrected chi connectivity index (χ3v) is 2.16. The molecule has 0 saturated heterocycles. The monoisotopic (exact) mass is 236 g/mol. The van der Waals surface area contributed by atoms with E-state index in [-0.39, 0.29) is 51.4 Å². The van der Waals surface area contributed by atoms with Crippen LogP contribution < -0.4 is 0 Å². The van der Waals surface area contributed by atoms with Crippen molar-refractivity contribution >= 4 is 63.5 Å². The van der Waals surface area contributed by atoms with Crippen LogP contribution in [0.1, 0.15) is 11.1 Å². The molecular formula is C14H13KO. The Balaban J connectivity index is 0.00000128. The Morgan fingerprint density at radius 1 is 0.688 bits per heavy atom. The van der Waals surface area contributed by atoms with Gasteiger partial charge in [0.15, 0.2) is 0 Å². The third-order valence-electron chi connectivity index (χ3n) is 2.16. The van der Waals surface area contributed by atoms with Gasteiger partial charge in [0.05, 0.1) is 0 Å². The van der Waals surface area contributed by atoms with E-state index < -0.39 is 0 Å². The molecule has 0 radical (unpaired) electrons. The van der Waals surface area contributed by atoms with Crippen LogP contribution in [0.4, 0.5) is 0 Å². The van der Waals surface area contributed by atoms with E-state index in [4.69, 9.17) is 5.11 Å². The van der Waals surface area contributed by atoms with Gasteiger partial charge in [-0.25, -0.2) is 0 Å². The number of hydrogen-bond acceptors (Lipinski definition) is 1. The van der Waals surface area contributed by atoms with Crippen molar-refractivity contribution in [2.45, 2.75) is 0 Å². The molecule has 0 aromatic heterocycles. The van der Waals surface area contributed by atoms with Gasteiger partial charge in [-0.1, -0.05) is 54.6 Å². The van der Waals surface area contributed by atoms with Gasteiger partial charge in [0.25, 0.3) is 0 Å². The molecule has 0 aliphatic heterocycles. The van der Waals surface area contributed by atoms with Crippen molar-refractivity contribution in [2.75, 3.05) is 0 Å². The summed E-state index contributed by atoms with van der Waals surface area (Å²) in [6, 6.07) is 17.3. The van der Waals surface area contributed by atoms with Gasteiger partial charge in [0.1, 0.15) is 5.75 Å². The summed E-state index contributed by atoms with van der Waals surface area (Å²) in [7, 11) is 0. The zero-order valence-electron chi connectivity index (χ0n) is 8.30.